The number of alkyl halides is 3. The van der Waals surface area contributed by atoms with E-state index in [0.717, 1.165) is 5.56 Å². The van der Waals surface area contributed by atoms with E-state index in [9.17, 15) is 27.9 Å². The zero-order valence-corrected chi connectivity index (χ0v) is 15.6. The lowest BCUT2D eigenvalue weighted by Crippen LogP contribution is -2.18. The Hall–Kier alpha value is -3.16. The number of carbonyl (C=O) groups is 2. The van der Waals surface area contributed by atoms with E-state index in [2.05, 4.69) is 5.10 Å². The number of aromatic nitrogens is 2. The Balaban J connectivity index is 2.06. The number of Topliss-reactive ketones (excluding diaryl/α,β-unsaturated/α-hetero) is 1. The molecule has 1 aliphatic rings. The quantitative estimate of drug-likeness (QED) is 0.671. The maximum absolute atomic E-state index is 13.7. The van der Waals surface area contributed by atoms with Crippen LogP contribution in [0.5, 0.6) is 0 Å². The normalized spacial score (nSPS) is 19.4. The molecule has 1 aliphatic carbocycles. The van der Waals surface area contributed by atoms with Crippen molar-refractivity contribution >= 4 is 22.5 Å². The molecule has 0 saturated heterocycles. The zero-order chi connectivity index (χ0) is 21.1. The minimum absolute atomic E-state index is 0.0539. The Bertz CT molecular complexity index is 1160. The highest BCUT2D eigenvalue weighted by Crippen LogP contribution is 2.39. The Morgan fingerprint density at radius 2 is 1.93 bits per heavy atom. The van der Waals surface area contributed by atoms with Gasteiger partial charge in [0.15, 0.2) is 11.5 Å². The largest absolute Gasteiger partial charge is 0.478 e. The number of hydrogen-bond acceptors (Lipinski definition) is 3. The van der Waals surface area contributed by atoms with Gasteiger partial charge < -0.3 is 5.11 Å². The molecule has 1 heterocycles. The topological polar surface area (TPSA) is 72.2 Å². The second kappa shape index (κ2) is 6.43. The number of carboxylic acid groups (broad SMARTS) is 1. The van der Waals surface area contributed by atoms with Crippen LogP contribution in [0.4, 0.5) is 13.2 Å². The van der Waals surface area contributed by atoms with Gasteiger partial charge in [0.1, 0.15) is 5.56 Å². The van der Waals surface area contributed by atoms with Gasteiger partial charge in [-0.25, -0.2) is 9.48 Å². The molecule has 2 aromatic carbocycles. The SMILES string of the molecule is CC1Cc2ccc(-n3ncc(C(=O)O)c3C(F)(F)F)c3cccc(c23)C(=O)C1C. The first-order valence-electron chi connectivity index (χ1n) is 9.09. The first-order valence-corrected chi connectivity index (χ1v) is 9.09. The van der Waals surface area contributed by atoms with E-state index in [1.807, 2.05) is 13.8 Å². The van der Waals surface area contributed by atoms with E-state index in [-0.39, 0.29) is 23.3 Å². The summed E-state index contributed by atoms with van der Waals surface area (Å²) in [5.74, 6) is -1.90. The van der Waals surface area contributed by atoms with Gasteiger partial charge >= 0.3 is 12.1 Å². The predicted octanol–water partition coefficient (Wildman–Crippen LogP) is 4.75. The number of halogens is 3. The van der Waals surface area contributed by atoms with E-state index >= 15 is 0 Å². The molecule has 0 fully saturated rings. The standard InChI is InChI=1S/C21H17F3N2O3/c1-10-8-12-6-7-16(13-4-3-5-14(17(12)13)18(27)11(10)2)26-19(21(22,23)24)15(9-25-26)20(28)29/h3-7,9-11H,8H2,1-2H3,(H,28,29). The first kappa shape index (κ1) is 19.2. The highest BCUT2D eigenvalue weighted by atomic mass is 19.4. The molecule has 0 aliphatic heterocycles. The monoisotopic (exact) mass is 402 g/mol. The fourth-order valence-corrected chi connectivity index (χ4v) is 4.01. The summed E-state index contributed by atoms with van der Waals surface area (Å²) in [7, 11) is 0. The van der Waals surface area contributed by atoms with E-state index in [0.29, 0.717) is 33.6 Å². The van der Waals surface area contributed by atoms with Crippen molar-refractivity contribution in [3.8, 4) is 5.69 Å². The van der Waals surface area contributed by atoms with E-state index in [1.165, 1.54) is 6.07 Å². The molecule has 0 amide bonds. The minimum Gasteiger partial charge on any atom is -0.478 e. The van der Waals surface area contributed by atoms with Crippen molar-refractivity contribution < 1.29 is 27.9 Å². The maximum Gasteiger partial charge on any atom is 0.434 e. The molecule has 0 saturated carbocycles. The molecular weight excluding hydrogens is 385 g/mol. The molecule has 8 heteroatoms. The van der Waals surface area contributed by atoms with Crippen LogP contribution in [0.1, 0.15) is 45.8 Å². The molecule has 0 radical (unpaired) electrons. The van der Waals surface area contributed by atoms with E-state index in [1.54, 1.807) is 24.3 Å². The van der Waals surface area contributed by atoms with Crippen LogP contribution in [-0.2, 0) is 12.6 Å². The molecule has 2 atom stereocenters. The van der Waals surface area contributed by atoms with E-state index < -0.39 is 23.4 Å². The van der Waals surface area contributed by atoms with Crippen molar-refractivity contribution in [1.82, 2.24) is 9.78 Å². The highest BCUT2D eigenvalue weighted by Gasteiger charge is 2.41. The fraction of sp³-hybridized carbons (Fsp3) is 0.286. The minimum atomic E-state index is -4.92. The lowest BCUT2D eigenvalue weighted by molar-refractivity contribution is -0.143. The summed E-state index contributed by atoms with van der Waals surface area (Å²) in [5.41, 5.74) is -0.847. The smallest absolute Gasteiger partial charge is 0.434 e. The molecule has 1 N–H and O–H groups in total. The number of nitrogens with zero attached hydrogens (tertiary/aromatic N) is 2. The molecule has 0 bridgehead atoms. The van der Waals surface area contributed by atoms with Crippen LogP contribution in [0.15, 0.2) is 36.5 Å². The van der Waals surface area contributed by atoms with Crippen LogP contribution in [0.2, 0.25) is 0 Å². The van der Waals surface area contributed by atoms with Crippen LogP contribution < -0.4 is 0 Å². The summed E-state index contributed by atoms with van der Waals surface area (Å²) in [4.78, 5) is 24.2. The van der Waals surface area contributed by atoms with Crippen molar-refractivity contribution in [2.75, 3.05) is 0 Å². The van der Waals surface area contributed by atoms with Crippen molar-refractivity contribution in [2.45, 2.75) is 26.4 Å². The summed E-state index contributed by atoms with van der Waals surface area (Å²) >= 11 is 0. The number of carbonyl (C=O) groups excluding carboxylic acids is 1. The molecular formula is C21H17F3N2O3. The Morgan fingerprint density at radius 3 is 2.59 bits per heavy atom. The van der Waals surface area contributed by atoms with Gasteiger partial charge in [0.05, 0.1) is 11.9 Å². The number of rotatable bonds is 2. The second-order valence-electron chi connectivity index (χ2n) is 7.43. The Labute approximate surface area is 163 Å². The van der Waals surface area contributed by atoms with Crippen molar-refractivity contribution in [1.29, 1.82) is 0 Å². The number of ketones is 1. The molecule has 3 aromatic rings. The summed E-state index contributed by atoms with van der Waals surface area (Å²) in [5, 5.41) is 13.9. The van der Waals surface area contributed by atoms with Gasteiger partial charge in [-0.2, -0.15) is 18.3 Å². The van der Waals surface area contributed by atoms with Gasteiger partial charge in [-0.1, -0.05) is 38.1 Å². The van der Waals surface area contributed by atoms with Gasteiger partial charge in [-0.05, 0) is 29.4 Å². The van der Waals surface area contributed by atoms with Crippen LogP contribution in [0, 0.1) is 11.8 Å². The predicted molar refractivity (Wildman–Crippen MR) is 99.4 cm³/mol. The molecule has 2 unspecified atom stereocenters. The zero-order valence-electron chi connectivity index (χ0n) is 15.6. The molecule has 5 nitrogen and oxygen atoms in total. The average Bonchev–Trinajstić information content (AvgIpc) is 3.09. The highest BCUT2D eigenvalue weighted by molar-refractivity contribution is 6.12. The summed E-state index contributed by atoms with van der Waals surface area (Å²) in [6, 6.07) is 8.14. The first-order chi connectivity index (χ1) is 13.6. The number of aromatic carboxylic acids is 1. The maximum atomic E-state index is 13.7. The summed E-state index contributed by atoms with van der Waals surface area (Å²) < 4.78 is 41.6. The van der Waals surface area contributed by atoms with Crippen LogP contribution in [0.25, 0.3) is 16.5 Å². The molecule has 1 aromatic heterocycles. The second-order valence-corrected chi connectivity index (χ2v) is 7.43. The third kappa shape index (κ3) is 2.90. The molecule has 150 valence electrons. The third-order valence-electron chi connectivity index (χ3n) is 5.67. The van der Waals surface area contributed by atoms with Crippen LogP contribution in [0.3, 0.4) is 0 Å². The lowest BCUT2D eigenvalue weighted by Gasteiger charge is -2.16. The Morgan fingerprint density at radius 1 is 1.21 bits per heavy atom. The van der Waals surface area contributed by atoms with E-state index in [4.69, 9.17) is 0 Å². The van der Waals surface area contributed by atoms with Crippen LogP contribution in [-0.4, -0.2) is 26.6 Å². The average molecular weight is 402 g/mol. The number of benzene rings is 2. The van der Waals surface area contributed by atoms with Gasteiger partial charge in [0.25, 0.3) is 0 Å². The number of carboxylic acids is 1. The molecule has 0 spiro atoms. The van der Waals surface area contributed by atoms with Gasteiger partial charge in [0, 0.05) is 16.9 Å². The van der Waals surface area contributed by atoms with Crippen molar-refractivity contribution in [3.63, 3.8) is 0 Å². The van der Waals surface area contributed by atoms with Gasteiger partial charge in [-0.15, -0.1) is 0 Å². The fourth-order valence-electron chi connectivity index (χ4n) is 4.01. The Kier molecular flexibility index (Phi) is 4.25. The van der Waals surface area contributed by atoms with Gasteiger partial charge in [-0.3, -0.25) is 4.79 Å². The summed E-state index contributed by atoms with van der Waals surface area (Å²) in [6.45, 7) is 3.83. The van der Waals surface area contributed by atoms with Gasteiger partial charge in [0.2, 0.25) is 0 Å². The lowest BCUT2D eigenvalue weighted by atomic mass is 9.88. The van der Waals surface area contributed by atoms with Crippen molar-refractivity contribution in [2.24, 2.45) is 11.8 Å². The van der Waals surface area contributed by atoms with Crippen molar-refractivity contribution in [3.05, 3.63) is 58.9 Å². The molecule has 4 rings (SSSR count). The molecule has 29 heavy (non-hydrogen) atoms. The van der Waals surface area contributed by atoms with Crippen LogP contribution >= 0.6 is 0 Å². The number of hydrogen-bond donors (Lipinski definition) is 1. The third-order valence-corrected chi connectivity index (χ3v) is 5.67. The summed E-state index contributed by atoms with van der Waals surface area (Å²) in [6.07, 6.45) is -3.60.